The Kier molecular flexibility index (Phi) is 5.79. The van der Waals surface area contributed by atoms with Crippen LogP contribution in [0.5, 0.6) is 0 Å². The molecular formula is C20H25F3N2O2S. The molecule has 0 radical (unpaired) electrons. The molecule has 1 aromatic carbocycles. The second-order valence-corrected chi connectivity index (χ2v) is 9.25. The van der Waals surface area contributed by atoms with Gasteiger partial charge in [0.05, 0.1) is 0 Å². The molecule has 0 saturated heterocycles. The number of halogens is 3. The molecule has 1 saturated carbocycles. The topological polar surface area (TPSA) is 50.4 Å². The lowest BCUT2D eigenvalue weighted by Crippen LogP contribution is -2.42. The maximum atomic E-state index is 13.0. The molecule has 1 fully saturated rings. The number of alkyl halides is 3. The third-order valence-electron chi connectivity index (χ3n) is 4.65. The van der Waals surface area contributed by atoms with Crippen LogP contribution < -0.4 is 10.6 Å². The van der Waals surface area contributed by atoms with Crippen molar-refractivity contribution in [1.82, 2.24) is 5.32 Å². The van der Waals surface area contributed by atoms with E-state index in [1.807, 2.05) is 26.8 Å². The van der Waals surface area contributed by atoms with Gasteiger partial charge >= 0.3 is 12.3 Å². The highest BCUT2D eigenvalue weighted by Crippen LogP contribution is 2.40. The Labute approximate surface area is 166 Å². The highest BCUT2D eigenvalue weighted by atomic mass is 32.1. The van der Waals surface area contributed by atoms with Crippen molar-refractivity contribution in [2.24, 2.45) is 0 Å². The minimum Gasteiger partial charge on any atom is -0.444 e. The van der Waals surface area contributed by atoms with Gasteiger partial charge in [0.1, 0.15) is 10.5 Å². The first-order valence-electron chi connectivity index (χ1n) is 9.37. The lowest BCUT2D eigenvalue weighted by molar-refractivity contribution is -0.134. The zero-order chi connectivity index (χ0) is 20.5. The lowest BCUT2D eigenvalue weighted by Gasteiger charge is -2.31. The molecule has 154 valence electrons. The number of alkyl carbamates (subject to hydrolysis) is 1. The zero-order valence-corrected chi connectivity index (χ0v) is 17.0. The summed E-state index contributed by atoms with van der Waals surface area (Å²) in [7, 11) is 0. The molecule has 28 heavy (non-hydrogen) atoms. The van der Waals surface area contributed by atoms with Crippen molar-refractivity contribution in [2.75, 3.05) is 5.32 Å². The number of ether oxygens (including phenoxy) is 1. The monoisotopic (exact) mass is 414 g/mol. The summed E-state index contributed by atoms with van der Waals surface area (Å²) >= 11 is 0.766. The molecule has 2 aromatic rings. The Morgan fingerprint density at radius 2 is 1.75 bits per heavy atom. The van der Waals surface area contributed by atoms with Gasteiger partial charge in [-0.2, -0.15) is 13.2 Å². The van der Waals surface area contributed by atoms with Crippen molar-refractivity contribution < 1.29 is 22.7 Å². The minimum absolute atomic E-state index is 0.0571. The fraction of sp³-hybridized carbons (Fsp3) is 0.550. The molecule has 1 heterocycles. The average Bonchev–Trinajstić information content (AvgIpc) is 3.00. The number of anilines is 1. The first kappa shape index (κ1) is 20.8. The van der Waals surface area contributed by atoms with Crippen LogP contribution in [0.1, 0.15) is 51.3 Å². The summed E-state index contributed by atoms with van der Waals surface area (Å²) in [6.45, 7) is 5.47. The van der Waals surface area contributed by atoms with E-state index in [1.54, 1.807) is 12.1 Å². The summed E-state index contributed by atoms with van der Waals surface area (Å²) in [5, 5.41) is 6.90. The normalized spacial score (nSPS) is 20.8. The van der Waals surface area contributed by atoms with Crippen LogP contribution >= 0.6 is 11.3 Å². The number of thiophene rings is 1. The molecule has 2 N–H and O–H groups in total. The van der Waals surface area contributed by atoms with Gasteiger partial charge in [0, 0.05) is 27.9 Å². The Bertz CT molecular complexity index is 834. The van der Waals surface area contributed by atoms with Gasteiger partial charge in [0.15, 0.2) is 0 Å². The van der Waals surface area contributed by atoms with E-state index < -0.39 is 22.7 Å². The molecule has 0 spiro atoms. The van der Waals surface area contributed by atoms with Crippen LogP contribution in [0.25, 0.3) is 10.1 Å². The summed E-state index contributed by atoms with van der Waals surface area (Å²) < 4.78 is 44.9. The van der Waals surface area contributed by atoms with Crippen molar-refractivity contribution >= 4 is 33.2 Å². The van der Waals surface area contributed by atoms with Crippen molar-refractivity contribution in [3.63, 3.8) is 0 Å². The summed E-state index contributed by atoms with van der Waals surface area (Å²) in [4.78, 5) is 11.3. The minimum atomic E-state index is -4.33. The quantitative estimate of drug-likeness (QED) is 0.632. The fourth-order valence-corrected chi connectivity index (χ4v) is 4.36. The largest absolute Gasteiger partial charge is 0.444 e. The summed E-state index contributed by atoms with van der Waals surface area (Å²) in [6, 6.07) is 6.75. The van der Waals surface area contributed by atoms with E-state index in [-0.39, 0.29) is 12.1 Å². The highest BCUT2D eigenvalue weighted by Gasteiger charge is 2.33. The molecule has 0 atom stereocenters. The number of hydrogen-bond acceptors (Lipinski definition) is 4. The Morgan fingerprint density at radius 1 is 1.11 bits per heavy atom. The second-order valence-electron chi connectivity index (χ2n) is 8.16. The van der Waals surface area contributed by atoms with Crippen LogP contribution in [-0.4, -0.2) is 23.8 Å². The SMILES string of the molecule is CC(C)(C)OC(=O)N[C@H]1CC[C@@H](Nc2cccc3sc(C(F)(F)F)cc23)CC1. The first-order chi connectivity index (χ1) is 13.0. The predicted octanol–water partition coefficient (Wildman–Crippen LogP) is 6.17. The number of carbonyl (C=O) groups excluding carboxylic acids is 1. The van der Waals surface area contributed by atoms with Crippen LogP contribution in [-0.2, 0) is 10.9 Å². The number of rotatable bonds is 3. The van der Waals surface area contributed by atoms with E-state index in [4.69, 9.17) is 4.74 Å². The van der Waals surface area contributed by atoms with Gasteiger partial charge in [-0.1, -0.05) is 6.07 Å². The zero-order valence-electron chi connectivity index (χ0n) is 16.2. The van der Waals surface area contributed by atoms with E-state index in [1.165, 1.54) is 6.07 Å². The molecule has 1 aliphatic carbocycles. The molecule has 4 nitrogen and oxygen atoms in total. The van der Waals surface area contributed by atoms with Gasteiger partial charge in [-0.3, -0.25) is 0 Å². The number of hydrogen-bond donors (Lipinski definition) is 2. The van der Waals surface area contributed by atoms with Crippen LogP contribution in [0.2, 0.25) is 0 Å². The second kappa shape index (κ2) is 7.81. The van der Waals surface area contributed by atoms with Crippen LogP contribution in [0.3, 0.4) is 0 Å². The van der Waals surface area contributed by atoms with E-state index in [2.05, 4.69) is 10.6 Å². The Hall–Kier alpha value is -1.96. The number of nitrogens with one attached hydrogen (secondary N) is 2. The third kappa shape index (κ3) is 5.31. The van der Waals surface area contributed by atoms with Crippen molar-refractivity contribution in [1.29, 1.82) is 0 Å². The maximum absolute atomic E-state index is 13.0. The number of benzene rings is 1. The van der Waals surface area contributed by atoms with Gasteiger partial charge < -0.3 is 15.4 Å². The maximum Gasteiger partial charge on any atom is 0.425 e. The average molecular weight is 414 g/mol. The van der Waals surface area contributed by atoms with Gasteiger partial charge in [0.2, 0.25) is 0 Å². The molecule has 1 aliphatic rings. The van der Waals surface area contributed by atoms with E-state index in [9.17, 15) is 18.0 Å². The van der Waals surface area contributed by atoms with Crippen molar-refractivity contribution in [2.45, 2.75) is 70.3 Å². The molecule has 0 aliphatic heterocycles. The molecule has 8 heteroatoms. The van der Waals surface area contributed by atoms with E-state index in [0.29, 0.717) is 10.1 Å². The van der Waals surface area contributed by atoms with Crippen LogP contribution in [0.4, 0.5) is 23.7 Å². The smallest absolute Gasteiger partial charge is 0.425 e. The fourth-order valence-electron chi connectivity index (χ4n) is 3.40. The van der Waals surface area contributed by atoms with Crippen LogP contribution in [0, 0.1) is 0 Å². The number of carbonyl (C=O) groups is 1. The third-order valence-corrected chi connectivity index (χ3v) is 5.79. The number of fused-ring (bicyclic) bond motifs is 1. The van der Waals surface area contributed by atoms with Gasteiger partial charge in [-0.25, -0.2) is 4.79 Å². The summed E-state index contributed by atoms with van der Waals surface area (Å²) in [5.74, 6) is 0. The lowest BCUT2D eigenvalue weighted by atomic mass is 9.91. The standard InChI is InChI=1S/C20H25F3N2O2S/c1-19(2,3)27-18(26)25-13-9-7-12(8-10-13)24-15-5-4-6-16-14(15)11-17(28-16)20(21,22)23/h4-6,11-13,24H,7-10H2,1-3H3,(H,25,26)/t12-,13+. The molecule has 1 amide bonds. The first-order valence-corrected chi connectivity index (χ1v) is 10.2. The molecule has 0 unspecified atom stereocenters. The highest BCUT2D eigenvalue weighted by molar-refractivity contribution is 7.19. The molecule has 3 rings (SSSR count). The predicted molar refractivity (Wildman–Crippen MR) is 106 cm³/mol. The Balaban J connectivity index is 1.59. The summed E-state index contributed by atoms with van der Waals surface area (Å²) in [5.41, 5.74) is 0.199. The van der Waals surface area contributed by atoms with E-state index in [0.717, 1.165) is 42.7 Å². The molecule has 0 bridgehead atoms. The van der Waals surface area contributed by atoms with E-state index >= 15 is 0 Å². The summed E-state index contributed by atoms with van der Waals surface area (Å²) in [6.07, 6.45) is -1.49. The number of amides is 1. The van der Waals surface area contributed by atoms with Crippen molar-refractivity contribution in [3.05, 3.63) is 29.1 Å². The Morgan fingerprint density at radius 3 is 2.36 bits per heavy atom. The van der Waals surface area contributed by atoms with Gasteiger partial charge in [0.25, 0.3) is 0 Å². The van der Waals surface area contributed by atoms with Crippen LogP contribution in [0.15, 0.2) is 24.3 Å². The van der Waals surface area contributed by atoms with Gasteiger partial charge in [-0.15, -0.1) is 11.3 Å². The molecule has 1 aromatic heterocycles. The van der Waals surface area contributed by atoms with Crippen molar-refractivity contribution in [3.8, 4) is 0 Å². The van der Waals surface area contributed by atoms with Gasteiger partial charge in [-0.05, 0) is 64.7 Å². The molecular weight excluding hydrogens is 389 g/mol.